The van der Waals surface area contributed by atoms with Crippen LogP contribution in [0.25, 0.3) is 0 Å². The molecule has 0 saturated heterocycles. The number of para-hydroxylation sites is 1. The van der Waals surface area contributed by atoms with Crippen LogP contribution in [0, 0.1) is 17.0 Å². The molecule has 0 aromatic heterocycles. The van der Waals surface area contributed by atoms with Crippen molar-refractivity contribution in [3.05, 3.63) is 58.1 Å². The molecule has 2 aromatic carbocycles. The highest BCUT2D eigenvalue weighted by Crippen LogP contribution is 2.27. The number of amides is 1. The normalized spacial score (nSPS) is 10.1. The van der Waals surface area contributed by atoms with E-state index in [1.54, 1.807) is 44.4 Å². The minimum Gasteiger partial charge on any atom is -0.497 e. The summed E-state index contributed by atoms with van der Waals surface area (Å²) in [5.41, 5.74) is 0.404. The molecule has 0 saturated carbocycles. The highest BCUT2D eigenvalue weighted by atomic mass is 16.6. The largest absolute Gasteiger partial charge is 0.497 e. The van der Waals surface area contributed by atoms with Crippen LogP contribution in [0.5, 0.6) is 11.5 Å². The van der Waals surface area contributed by atoms with Crippen molar-refractivity contribution in [1.82, 2.24) is 0 Å². The van der Waals surface area contributed by atoms with E-state index < -0.39 is 23.4 Å². The maximum absolute atomic E-state index is 12.0. The van der Waals surface area contributed by atoms with Gasteiger partial charge in [0.2, 0.25) is 0 Å². The molecule has 2 aromatic rings. The molecule has 0 aliphatic carbocycles. The Kier molecular flexibility index (Phi) is 7.96. The number of nitrogens with zero attached hydrogens (tertiary/aromatic N) is 1. The van der Waals surface area contributed by atoms with Crippen molar-refractivity contribution >= 4 is 23.3 Å². The number of nitrogens with one attached hydrogen (secondary N) is 1. The Morgan fingerprint density at radius 3 is 2.45 bits per heavy atom. The van der Waals surface area contributed by atoms with Crippen molar-refractivity contribution in [3.63, 3.8) is 0 Å². The van der Waals surface area contributed by atoms with Crippen LogP contribution in [0.3, 0.4) is 0 Å². The van der Waals surface area contributed by atoms with Gasteiger partial charge < -0.3 is 19.5 Å². The minimum atomic E-state index is -0.648. The molecule has 154 valence electrons. The Morgan fingerprint density at radius 1 is 1.10 bits per heavy atom. The predicted molar refractivity (Wildman–Crippen MR) is 105 cm³/mol. The molecule has 0 spiro atoms. The number of hydrogen-bond acceptors (Lipinski definition) is 7. The molecule has 29 heavy (non-hydrogen) atoms. The number of rotatable bonds is 10. The van der Waals surface area contributed by atoms with Crippen LogP contribution in [0.15, 0.2) is 42.5 Å². The van der Waals surface area contributed by atoms with Crippen LogP contribution in [-0.2, 0) is 14.3 Å². The molecule has 9 heteroatoms. The molecule has 9 nitrogen and oxygen atoms in total. The van der Waals surface area contributed by atoms with Gasteiger partial charge in [0.25, 0.3) is 11.6 Å². The van der Waals surface area contributed by atoms with Gasteiger partial charge in [-0.15, -0.1) is 0 Å². The molecule has 0 aliphatic heterocycles. The number of carbonyl (C=O) groups is 2. The summed E-state index contributed by atoms with van der Waals surface area (Å²) >= 11 is 0. The van der Waals surface area contributed by atoms with E-state index >= 15 is 0 Å². The number of aryl methyl sites for hydroxylation is 1. The molecule has 1 amide bonds. The van der Waals surface area contributed by atoms with E-state index in [-0.39, 0.29) is 17.8 Å². The van der Waals surface area contributed by atoms with Gasteiger partial charge in [-0.05, 0) is 43.2 Å². The van der Waals surface area contributed by atoms with E-state index in [2.05, 4.69) is 5.32 Å². The second-order valence-corrected chi connectivity index (χ2v) is 6.06. The summed E-state index contributed by atoms with van der Waals surface area (Å²) in [4.78, 5) is 34.2. The van der Waals surface area contributed by atoms with E-state index in [4.69, 9.17) is 14.2 Å². The molecule has 2 rings (SSSR count). The first-order valence-corrected chi connectivity index (χ1v) is 8.87. The minimum absolute atomic E-state index is 0.0773. The molecule has 0 radical (unpaired) electrons. The first kappa shape index (κ1) is 21.7. The van der Waals surface area contributed by atoms with Gasteiger partial charge in [0.15, 0.2) is 6.61 Å². The molecule has 0 heterocycles. The lowest BCUT2D eigenvalue weighted by atomic mass is 10.1. The number of nitro benzene ring substituents is 1. The number of ether oxygens (including phenoxy) is 3. The Morgan fingerprint density at radius 2 is 1.79 bits per heavy atom. The van der Waals surface area contributed by atoms with Crippen molar-refractivity contribution in [2.45, 2.75) is 19.8 Å². The number of hydrogen-bond donors (Lipinski definition) is 1. The summed E-state index contributed by atoms with van der Waals surface area (Å²) in [6.07, 6.45) is 0.490. The van der Waals surface area contributed by atoms with E-state index in [1.165, 1.54) is 12.1 Å². The first-order chi connectivity index (χ1) is 13.9. The van der Waals surface area contributed by atoms with Crippen LogP contribution in [-0.4, -0.2) is 37.1 Å². The molecule has 0 atom stereocenters. The van der Waals surface area contributed by atoms with Crippen LogP contribution in [0.2, 0.25) is 0 Å². The summed E-state index contributed by atoms with van der Waals surface area (Å²) in [6.45, 7) is 1.42. The van der Waals surface area contributed by atoms with Gasteiger partial charge in [-0.2, -0.15) is 0 Å². The van der Waals surface area contributed by atoms with Gasteiger partial charge in [-0.1, -0.05) is 12.1 Å². The number of nitro groups is 1. The van der Waals surface area contributed by atoms with E-state index in [0.717, 1.165) is 5.75 Å². The molecule has 1 N–H and O–H groups in total. The monoisotopic (exact) mass is 402 g/mol. The molecule has 0 fully saturated rings. The van der Waals surface area contributed by atoms with Gasteiger partial charge in [0.1, 0.15) is 17.2 Å². The number of carbonyl (C=O) groups excluding carboxylic acids is 2. The quantitative estimate of drug-likeness (QED) is 0.280. The SMILES string of the molecule is COc1ccc(OCCCC(=O)OCC(=O)Nc2c(C)cccc2[N+](=O)[O-])cc1. The molecular weight excluding hydrogens is 380 g/mol. The lowest BCUT2D eigenvalue weighted by molar-refractivity contribution is -0.384. The van der Waals surface area contributed by atoms with E-state index in [0.29, 0.717) is 24.3 Å². The fourth-order valence-electron chi connectivity index (χ4n) is 2.44. The third-order valence-electron chi connectivity index (χ3n) is 3.93. The number of esters is 1. The number of benzene rings is 2. The molecule has 0 unspecified atom stereocenters. The maximum Gasteiger partial charge on any atom is 0.306 e. The zero-order valence-electron chi connectivity index (χ0n) is 16.2. The van der Waals surface area contributed by atoms with Crippen molar-refractivity contribution in [2.75, 3.05) is 25.6 Å². The van der Waals surface area contributed by atoms with Gasteiger partial charge >= 0.3 is 5.97 Å². The Hall–Kier alpha value is -3.62. The van der Waals surface area contributed by atoms with Crippen molar-refractivity contribution in [1.29, 1.82) is 0 Å². The van der Waals surface area contributed by atoms with E-state index in [1.807, 2.05) is 0 Å². The van der Waals surface area contributed by atoms with Crippen LogP contribution < -0.4 is 14.8 Å². The Balaban J connectivity index is 1.71. The number of methoxy groups -OCH3 is 1. The highest BCUT2D eigenvalue weighted by Gasteiger charge is 2.18. The zero-order chi connectivity index (χ0) is 21.2. The summed E-state index contributed by atoms with van der Waals surface area (Å²) in [6, 6.07) is 11.5. The lowest BCUT2D eigenvalue weighted by Crippen LogP contribution is -2.22. The average molecular weight is 402 g/mol. The summed E-state index contributed by atoms with van der Waals surface area (Å²) in [5.74, 6) is 0.164. The molecular formula is C20H22N2O7. The third kappa shape index (κ3) is 6.80. The van der Waals surface area contributed by atoms with Gasteiger partial charge in [0.05, 0.1) is 18.6 Å². The first-order valence-electron chi connectivity index (χ1n) is 8.87. The number of anilines is 1. The van der Waals surface area contributed by atoms with Gasteiger partial charge in [0, 0.05) is 12.5 Å². The Labute approximate surface area is 167 Å². The smallest absolute Gasteiger partial charge is 0.306 e. The van der Waals surface area contributed by atoms with Crippen LogP contribution >= 0.6 is 0 Å². The van der Waals surface area contributed by atoms with Crippen LogP contribution in [0.4, 0.5) is 11.4 Å². The maximum atomic E-state index is 12.0. The van der Waals surface area contributed by atoms with Crippen molar-refractivity contribution in [2.24, 2.45) is 0 Å². The van der Waals surface area contributed by atoms with Crippen molar-refractivity contribution < 1.29 is 28.7 Å². The summed E-state index contributed by atoms with van der Waals surface area (Å²) in [7, 11) is 1.57. The third-order valence-corrected chi connectivity index (χ3v) is 3.93. The second kappa shape index (κ2) is 10.6. The molecule has 0 aliphatic rings. The summed E-state index contributed by atoms with van der Waals surface area (Å²) in [5, 5.41) is 13.5. The standard InChI is InChI=1S/C20H22N2O7/c1-14-5-3-6-17(22(25)26)20(14)21-18(23)13-29-19(24)7-4-12-28-16-10-8-15(27-2)9-11-16/h3,5-6,8-11H,4,7,12-13H2,1-2H3,(H,21,23). The topological polar surface area (TPSA) is 117 Å². The van der Waals surface area contributed by atoms with Crippen molar-refractivity contribution in [3.8, 4) is 11.5 Å². The van der Waals surface area contributed by atoms with Gasteiger partial charge in [-0.25, -0.2) is 0 Å². The molecule has 0 bridgehead atoms. The predicted octanol–water partition coefficient (Wildman–Crippen LogP) is 3.25. The summed E-state index contributed by atoms with van der Waals surface area (Å²) < 4.78 is 15.5. The van der Waals surface area contributed by atoms with Crippen LogP contribution in [0.1, 0.15) is 18.4 Å². The lowest BCUT2D eigenvalue weighted by Gasteiger charge is -2.10. The van der Waals surface area contributed by atoms with E-state index in [9.17, 15) is 19.7 Å². The van der Waals surface area contributed by atoms with Gasteiger partial charge in [-0.3, -0.25) is 19.7 Å². The highest BCUT2D eigenvalue weighted by molar-refractivity contribution is 5.95. The zero-order valence-corrected chi connectivity index (χ0v) is 16.2. The fourth-order valence-corrected chi connectivity index (χ4v) is 2.44. The average Bonchev–Trinajstić information content (AvgIpc) is 2.71. The second-order valence-electron chi connectivity index (χ2n) is 6.06. The Bertz CT molecular complexity index is 866. The fraction of sp³-hybridized carbons (Fsp3) is 0.300.